The third kappa shape index (κ3) is 4.49. The van der Waals surface area contributed by atoms with Crippen molar-refractivity contribution in [3.05, 3.63) is 66.0 Å². The molecule has 174 valence electrons. The zero-order chi connectivity index (χ0) is 23.7. The van der Waals surface area contributed by atoms with E-state index in [1.54, 1.807) is 6.20 Å². The van der Waals surface area contributed by atoms with Crippen LogP contribution in [0.3, 0.4) is 0 Å². The summed E-state index contributed by atoms with van der Waals surface area (Å²) in [6.45, 7) is 4.28. The number of halogens is 3. The van der Waals surface area contributed by atoms with Crippen LogP contribution < -0.4 is 10.2 Å². The predicted molar refractivity (Wildman–Crippen MR) is 123 cm³/mol. The Kier molecular flexibility index (Phi) is 5.74. The van der Waals surface area contributed by atoms with Crippen molar-refractivity contribution in [1.82, 2.24) is 19.9 Å². The van der Waals surface area contributed by atoms with Crippen LogP contribution in [-0.4, -0.2) is 46.2 Å². The molecule has 1 aliphatic heterocycles. The molecule has 4 heterocycles. The third-order valence-corrected chi connectivity index (χ3v) is 5.64. The molecule has 1 aromatic carbocycles. The van der Waals surface area contributed by atoms with Crippen molar-refractivity contribution in [2.45, 2.75) is 13.1 Å². The fourth-order valence-electron chi connectivity index (χ4n) is 3.78. The number of nitrogens with one attached hydrogen (secondary N) is 1. The number of benzene rings is 1. The van der Waals surface area contributed by atoms with Crippen molar-refractivity contribution in [3.8, 4) is 11.3 Å². The lowest BCUT2D eigenvalue weighted by atomic mass is 10.0. The van der Waals surface area contributed by atoms with Crippen LogP contribution in [0.5, 0.6) is 0 Å². The van der Waals surface area contributed by atoms with E-state index >= 15 is 0 Å². The van der Waals surface area contributed by atoms with Gasteiger partial charge in [-0.3, -0.25) is 4.98 Å². The molecule has 1 aliphatic rings. The largest absolute Gasteiger partial charge is 0.417 e. The standard InChI is InChI=1S/C24H21F3N6O/c1-15-21(17-5-4-16-3-2-8-28-19(16)13-17)31-23(33-9-11-34-12-10-33)32-22(15)30-20-7-6-18(14-29-20)24(25,26)27/h2-8,13-14H,9-12H2,1H3,(H,29,30,31,32). The van der Waals surface area contributed by atoms with Crippen molar-refractivity contribution < 1.29 is 17.9 Å². The molecule has 0 unspecified atom stereocenters. The van der Waals surface area contributed by atoms with Gasteiger partial charge in [0.1, 0.15) is 11.6 Å². The highest BCUT2D eigenvalue weighted by molar-refractivity contribution is 5.85. The number of aromatic nitrogens is 4. The molecule has 0 spiro atoms. The Hall–Kier alpha value is -3.79. The van der Waals surface area contributed by atoms with Crippen LogP contribution in [0.4, 0.5) is 30.8 Å². The predicted octanol–water partition coefficient (Wildman–Crippen LogP) is 4.99. The van der Waals surface area contributed by atoms with Gasteiger partial charge < -0.3 is 15.0 Å². The van der Waals surface area contributed by atoms with Gasteiger partial charge in [0.05, 0.1) is 30.0 Å². The molecule has 1 fully saturated rings. The smallest absolute Gasteiger partial charge is 0.378 e. The molecule has 4 aromatic rings. The van der Waals surface area contributed by atoms with Gasteiger partial charge in [-0.05, 0) is 31.2 Å². The Morgan fingerprint density at radius 1 is 1.00 bits per heavy atom. The highest BCUT2D eigenvalue weighted by Gasteiger charge is 2.30. The van der Waals surface area contributed by atoms with Gasteiger partial charge in [0.2, 0.25) is 5.95 Å². The first kappa shape index (κ1) is 22.0. The molecule has 0 amide bonds. The van der Waals surface area contributed by atoms with Crippen LogP contribution >= 0.6 is 0 Å². The maximum absolute atomic E-state index is 12.9. The maximum atomic E-state index is 12.9. The quantitative estimate of drug-likeness (QED) is 0.454. The molecule has 0 radical (unpaired) electrons. The molecule has 7 nitrogen and oxygen atoms in total. The molecule has 0 bridgehead atoms. The SMILES string of the molecule is Cc1c(Nc2ccc(C(F)(F)F)cn2)nc(N2CCOCC2)nc1-c1ccc2cccnc2c1. The number of anilines is 3. The monoisotopic (exact) mass is 466 g/mol. The number of alkyl halides is 3. The van der Waals surface area contributed by atoms with E-state index in [1.807, 2.05) is 42.2 Å². The topological polar surface area (TPSA) is 76.1 Å². The molecule has 1 saturated heterocycles. The van der Waals surface area contributed by atoms with E-state index in [9.17, 15) is 13.2 Å². The van der Waals surface area contributed by atoms with Crippen molar-refractivity contribution in [2.24, 2.45) is 0 Å². The number of hydrogen-bond acceptors (Lipinski definition) is 7. The fraction of sp³-hybridized carbons (Fsp3) is 0.250. The molecule has 3 aromatic heterocycles. The second-order valence-electron chi connectivity index (χ2n) is 7.91. The number of nitrogens with zero attached hydrogens (tertiary/aromatic N) is 5. The number of pyridine rings is 2. The van der Waals surface area contributed by atoms with Crippen LogP contribution in [0, 0.1) is 6.92 Å². The number of rotatable bonds is 4. The van der Waals surface area contributed by atoms with Crippen LogP contribution in [0.25, 0.3) is 22.2 Å². The summed E-state index contributed by atoms with van der Waals surface area (Å²) in [5, 5.41) is 4.09. The summed E-state index contributed by atoms with van der Waals surface area (Å²) in [5.74, 6) is 1.24. The van der Waals surface area contributed by atoms with Gasteiger partial charge in [-0.2, -0.15) is 18.2 Å². The van der Waals surface area contributed by atoms with Crippen molar-refractivity contribution in [1.29, 1.82) is 0 Å². The molecule has 0 aliphatic carbocycles. The zero-order valence-corrected chi connectivity index (χ0v) is 18.3. The van der Waals surface area contributed by atoms with Gasteiger partial charge in [-0.1, -0.05) is 18.2 Å². The Labute approximate surface area is 193 Å². The first-order chi connectivity index (χ1) is 16.4. The van der Waals surface area contributed by atoms with E-state index < -0.39 is 11.7 Å². The third-order valence-electron chi connectivity index (χ3n) is 5.64. The summed E-state index contributed by atoms with van der Waals surface area (Å²) < 4.78 is 44.2. The summed E-state index contributed by atoms with van der Waals surface area (Å²) in [5.41, 5.74) is 2.34. The van der Waals surface area contributed by atoms with E-state index in [1.165, 1.54) is 6.07 Å². The molecule has 1 N–H and O–H groups in total. The lowest BCUT2D eigenvalue weighted by Gasteiger charge is -2.28. The number of fused-ring (bicyclic) bond motifs is 1. The lowest BCUT2D eigenvalue weighted by molar-refractivity contribution is -0.137. The fourth-order valence-corrected chi connectivity index (χ4v) is 3.78. The minimum Gasteiger partial charge on any atom is -0.378 e. The highest BCUT2D eigenvalue weighted by atomic mass is 19.4. The number of ether oxygens (including phenoxy) is 1. The van der Waals surface area contributed by atoms with Gasteiger partial charge in [-0.25, -0.2) is 9.97 Å². The van der Waals surface area contributed by atoms with E-state index in [0.29, 0.717) is 43.8 Å². The molecular formula is C24H21F3N6O. The first-order valence-electron chi connectivity index (χ1n) is 10.8. The van der Waals surface area contributed by atoms with E-state index in [4.69, 9.17) is 9.72 Å². The Balaban J connectivity index is 1.57. The van der Waals surface area contributed by atoms with Gasteiger partial charge in [0.25, 0.3) is 0 Å². The minimum absolute atomic E-state index is 0.258. The average Bonchev–Trinajstić information content (AvgIpc) is 2.85. The summed E-state index contributed by atoms with van der Waals surface area (Å²) in [6, 6.07) is 12.1. The molecule has 0 atom stereocenters. The van der Waals surface area contributed by atoms with E-state index in [2.05, 4.69) is 20.3 Å². The number of morpholine rings is 1. The molecule has 10 heteroatoms. The maximum Gasteiger partial charge on any atom is 0.417 e. The zero-order valence-electron chi connectivity index (χ0n) is 18.3. The van der Waals surface area contributed by atoms with E-state index in [0.717, 1.165) is 34.3 Å². The summed E-state index contributed by atoms with van der Waals surface area (Å²) in [4.78, 5) is 19.9. The highest BCUT2D eigenvalue weighted by Crippen LogP contribution is 2.33. The summed E-state index contributed by atoms with van der Waals surface area (Å²) in [6.07, 6.45) is -1.91. The van der Waals surface area contributed by atoms with Gasteiger partial charge >= 0.3 is 6.18 Å². The van der Waals surface area contributed by atoms with Crippen LogP contribution in [0.2, 0.25) is 0 Å². The van der Waals surface area contributed by atoms with Crippen LogP contribution in [0.1, 0.15) is 11.1 Å². The minimum atomic E-state index is -4.45. The Morgan fingerprint density at radius 2 is 1.82 bits per heavy atom. The second kappa shape index (κ2) is 8.86. The van der Waals surface area contributed by atoms with Gasteiger partial charge in [-0.15, -0.1) is 0 Å². The molecular weight excluding hydrogens is 445 g/mol. The molecule has 5 rings (SSSR count). The second-order valence-corrected chi connectivity index (χ2v) is 7.91. The van der Waals surface area contributed by atoms with Crippen LogP contribution in [-0.2, 0) is 10.9 Å². The first-order valence-corrected chi connectivity index (χ1v) is 10.8. The van der Waals surface area contributed by atoms with Crippen molar-refractivity contribution in [3.63, 3.8) is 0 Å². The number of hydrogen-bond donors (Lipinski definition) is 1. The summed E-state index contributed by atoms with van der Waals surface area (Å²) in [7, 11) is 0. The van der Waals surface area contributed by atoms with Crippen molar-refractivity contribution >= 4 is 28.5 Å². The Bertz CT molecular complexity index is 1320. The lowest BCUT2D eigenvalue weighted by Crippen LogP contribution is -2.37. The Morgan fingerprint density at radius 3 is 2.56 bits per heavy atom. The molecule has 34 heavy (non-hydrogen) atoms. The normalized spacial score (nSPS) is 14.4. The van der Waals surface area contributed by atoms with E-state index in [-0.39, 0.29) is 5.82 Å². The summed E-state index contributed by atoms with van der Waals surface area (Å²) >= 11 is 0. The molecule has 0 saturated carbocycles. The average molecular weight is 466 g/mol. The van der Waals surface area contributed by atoms with Crippen LogP contribution in [0.15, 0.2) is 54.9 Å². The van der Waals surface area contributed by atoms with Gasteiger partial charge in [0.15, 0.2) is 0 Å². The van der Waals surface area contributed by atoms with Crippen molar-refractivity contribution in [2.75, 3.05) is 36.5 Å². The van der Waals surface area contributed by atoms with Gasteiger partial charge in [0, 0.05) is 42.0 Å².